The van der Waals surface area contributed by atoms with Gasteiger partial charge in [-0.25, -0.2) is 19.3 Å². The minimum Gasteiger partial charge on any atom is -0.456 e. The van der Waals surface area contributed by atoms with E-state index in [9.17, 15) is 9.18 Å². The van der Waals surface area contributed by atoms with Crippen LogP contribution >= 0.6 is 0 Å². The first kappa shape index (κ1) is 27.5. The number of pyridine rings is 1. The summed E-state index contributed by atoms with van der Waals surface area (Å²) in [4.78, 5) is 28.7. The summed E-state index contributed by atoms with van der Waals surface area (Å²) in [5.74, 6) is 1.48. The molecule has 7 rings (SSSR count). The van der Waals surface area contributed by atoms with Gasteiger partial charge < -0.3 is 29.1 Å². The Morgan fingerprint density at radius 1 is 1.21 bits per heavy atom. The van der Waals surface area contributed by atoms with Crippen LogP contribution in [0.1, 0.15) is 41.9 Å². The van der Waals surface area contributed by atoms with Crippen molar-refractivity contribution in [2.45, 2.75) is 51.2 Å². The molecule has 1 amide bonds. The van der Waals surface area contributed by atoms with Crippen molar-refractivity contribution in [1.82, 2.24) is 33.6 Å². The number of imidazole rings is 2. The number of ether oxygens (including phenoxy) is 1. The zero-order chi connectivity index (χ0) is 29.8. The van der Waals surface area contributed by atoms with Gasteiger partial charge in [-0.3, -0.25) is 4.79 Å². The lowest BCUT2D eigenvalue weighted by Crippen LogP contribution is -2.45. The number of amides is 1. The normalized spacial score (nSPS) is 17.4. The molecule has 224 valence electrons. The molecule has 10 nitrogen and oxygen atoms in total. The van der Waals surface area contributed by atoms with Crippen LogP contribution in [0.4, 0.5) is 8.78 Å². The number of carbonyl (C=O) groups is 1. The SMILES string of the molecule is CC(C(F)Oc1cccc2cc(-c3nc4cc5c(nc4n3C)CCN(C[C@H](N)CF)C5=O)n(CC3CC3)c12)n1ccnc1. The fourth-order valence-electron chi connectivity index (χ4n) is 5.96. The maximum atomic E-state index is 15.4. The highest BCUT2D eigenvalue weighted by atomic mass is 19.1. The third-order valence-corrected chi connectivity index (χ3v) is 8.58. The number of halogens is 2. The lowest BCUT2D eigenvalue weighted by Gasteiger charge is -2.29. The third-order valence-electron chi connectivity index (χ3n) is 8.58. The number of fused-ring (bicyclic) bond motifs is 3. The Hall–Kier alpha value is -4.32. The monoisotopic (exact) mass is 588 g/mol. The number of carbonyl (C=O) groups excluding carboxylic acids is 1. The van der Waals surface area contributed by atoms with E-state index in [1.54, 1.807) is 47.2 Å². The molecule has 5 heterocycles. The van der Waals surface area contributed by atoms with Gasteiger partial charge in [0.15, 0.2) is 11.5 Å². The summed E-state index contributed by atoms with van der Waals surface area (Å²) < 4.78 is 40.3. The Bertz CT molecular complexity index is 1810. The number of aromatic nitrogens is 6. The van der Waals surface area contributed by atoms with Crippen LogP contribution in [0.5, 0.6) is 5.75 Å². The highest BCUT2D eigenvalue weighted by molar-refractivity contribution is 5.99. The summed E-state index contributed by atoms with van der Waals surface area (Å²) in [6.07, 6.45) is 6.15. The van der Waals surface area contributed by atoms with Gasteiger partial charge in [0, 0.05) is 50.9 Å². The van der Waals surface area contributed by atoms with Crippen LogP contribution in [0, 0.1) is 5.92 Å². The van der Waals surface area contributed by atoms with Crippen molar-refractivity contribution in [2.75, 3.05) is 19.8 Å². The zero-order valence-electron chi connectivity index (χ0n) is 24.2. The third kappa shape index (κ3) is 4.93. The molecule has 0 radical (unpaired) electrons. The molecule has 2 aliphatic rings. The second-order valence-corrected chi connectivity index (χ2v) is 11.7. The Balaban J connectivity index is 1.29. The zero-order valence-corrected chi connectivity index (χ0v) is 24.2. The summed E-state index contributed by atoms with van der Waals surface area (Å²) in [7, 11) is 1.92. The molecule has 2 N–H and O–H groups in total. The van der Waals surface area contributed by atoms with Gasteiger partial charge in [-0.05, 0) is 43.9 Å². The van der Waals surface area contributed by atoms with Crippen molar-refractivity contribution in [3.8, 4) is 17.3 Å². The van der Waals surface area contributed by atoms with Gasteiger partial charge in [0.2, 0.25) is 0 Å². The van der Waals surface area contributed by atoms with Crippen LogP contribution < -0.4 is 10.5 Å². The number of benzene rings is 1. The highest BCUT2D eigenvalue weighted by Crippen LogP contribution is 2.40. The molecule has 12 heteroatoms. The van der Waals surface area contributed by atoms with Crippen molar-refractivity contribution >= 4 is 28.0 Å². The predicted molar refractivity (Wildman–Crippen MR) is 158 cm³/mol. The minimum absolute atomic E-state index is 0.160. The second-order valence-electron chi connectivity index (χ2n) is 11.7. The lowest BCUT2D eigenvalue weighted by atomic mass is 10.0. The van der Waals surface area contributed by atoms with Gasteiger partial charge in [-0.1, -0.05) is 12.1 Å². The van der Waals surface area contributed by atoms with E-state index < -0.39 is 25.1 Å². The summed E-state index contributed by atoms with van der Waals surface area (Å²) in [5.41, 5.74) is 9.93. The molecular weight excluding hydrogens is 554 g/mol. The van der Waals surface area contributed by atoms with Gasteiger partial charge in [-0.2, -0.15) is 4.39 Å². The molecule has 1 fully saturated rings. The molecule has 2 unspecified atom stereocenters. The van der Waals surface area contributed by atoms with E-state index in [0.29, 0.717) is 52.9 Å². The van der Waals surface area contributed by atoms with Gasteiger partial charge >= 0.3 is 0 Å². The van der Waals surface area contributed by atoms with Crippen LogP contribution in [0.15, 0.2) is 49.1 Å². The Kier molecular flexibility index (Phi) is 6.88. The lowest BCUT2D eigenvalue weighted by molar-refractivity contribution is 0.0249. The Morgan fingerprint density at radius 3 is 2.79 bits per heavy atom. The van der Waals surface area contributed by atoms with Crippen molar-refractivity contribution in [3.63, 3.8) is 0 Å². The van der Waals surface area contributed by atoms with E-state index >= 15 is 4.39 Å². The van der Waals surface area contributed by atoms with E-state index in [2.05, 4.69) is 15.6 Å². The summed E-state index contributed by atoms with van der Waals surface area (Å²) >= 11 is 0. The average molecular weight is 589 g/mol. The number of alkyl halides is 2. The summed E-state index contributed by atoms with van der Waals surface area (Å²) in [6, 6.07) is 8.23. The molecule has 0 bridgehead atoms. The molecule has 1 aliphatic carbocycles. The largest absolute Gasteiger partial charge is 0.456 e. The molecule has 0 saturated heterocycles. The number of nitrogens with two attached hydrogens (primary N) is 1. The van der Waals surface area contributed by atoms with Gasteiger partial charge in [-0.15, -0.1) is 0 Å². The number of rotatable bonds is 10. The Labute approximate surface area is 247 Å². The molecule has 5 aromatic rings. The first-order chi connectivity index (χ1) is 20.8. The second kappa shape index (κ2) is 10.7. The topological polar surface area (TPSA) is 109 Å². The first-order valence-corrected chi connectivity index (χ1v) is 14.7. The van der Waals surface area contributed by atoms with Crippen LogP contribution in [0.3, 0.4) is 0 Å². The van der Waals surface area contributed by atoms with Crippen molar-refractivity contribution in [1.29, 1.82) is 0 Å². The van der Waals surface area contributed by atoms with E-state index in [0.717, 1.165) is 36.0 Å². The van der Waals surface area contributed by atoms with Crippen LogP contribution in [-0.2, 0) is 20.0 Å². The number of nitrogens with zero attached hydrogens (tertiary/aromatic N) is 7. The molecule has 43 heavy (non-hydrogen) atoms. The van der Waals surface area contributed by atoms with Crippen molar-refractivity contribution in [3.05, 3.63) is 60.3 Å². The van der Waals surface area contributed by atoms with Crippen LogP contribution in [0.2, 0.25) is 0 Å². The molecule has 4 aromatic heterocycles. The predicted octanol–water partition coefficient (Wildman–Crippen LogP) is 4.43. The summed E-state index contributed by atoms with van der Waals surface area (Å²) in [5, 5.41) is 0.921. The van der Waals surface area contributed by atoms with Gasteiger partial charge in [0.05, 0.1) is 40.9 Å². The maximum absolute atomic E-state index is 15.4. The molecule has 0 spiro atoms. The smallest absolute Gasteiger partial charge is 0.258 e. The number of para-hydroxylation sites is 1. The maximum Gasteiger partial charge on any atom is 0.258 e. The van der Waals surface area contributed by atoms with Crippen LogP contribution in [-0.4, -0.2) is 71.6 Å². The highest BCUT2D eigenvalue weighted by Gasteiger charge is 2.31. The van der Waals surface area contributed by atoms with Crippen LogP contribution in [0.25, 0.3) is 33.6 Å². The fraction of sp³-hybridized carbons (Fsp3) is 0.419. The van der Waals surface area contributed by atoms with E-state index in [1.165, 1.54) is 0 Å². The van der Waals surface area contributed by atoms with E-state index in [-0.39, 0.29) is 12.5 Å². The first-order valence-electron chi connectivity index (χ1n) is 14.7. The number of aryl methyl sites for hydroxylation is 1. The number of hydrogen-bond donors (Lipinski definition) is 1. The van der Waals surface area contributed by atoms with Crippen molar-refractivity contribution < 1.29 is 18.3 Å². The van der Waals surface area contributed by atoms with Gasteiger partial charge in [0.25, 0.3) is 12.3 Å². The molecule has 1 aromatic carbocycles. The minimum atomic E-state index is -1.59. The van der Waals surface area contributed by atoms with E-state index in [4.69, 9.17) is 20.4 Å². The molecule has 1 saturated carbocycles. The molecule has 3 atom stereocenters. The summed E-state index contributed by atoms with van der Waals surface area (Å²) in [6.45, 7) is 2.42. The standard InChI is InChI=1S/C31H34F2N8O2/c1-18(40-11-9-35-17-40)28(33)43-26-5-3-4-20-12-25(41(27(20)26)15-19-6-7-19)30-37-24-13-22-23(36-29(24)38(30)2)8-10-39(31(22)42)16-21(34)14-32/h3-5,9,11-13,17-19,21,28H,6-8,10,14-16,34H2,1-2H3/t18?,21-,28?/m1/s1. The Morgan fingerprint density at radius 2 is 2.05 bits per heavy atom. The average Bonchev–Trinajstić information content (AvgIpc) is 3.36. The quantitative estimate of drug-likeness (QED) is 0.259. The molecular formula is C31H34F2N8O2. The number of hydrogen-bond acceptors (Lipinski definition) is 6. The van der Waals surface area contributed by atoms with Gasteiger partial charge in [0.1, 0.15) is 17.9 Å². The fourth-order valence-corrected chi connectivity index (χ4v) is 5.96. The van der Waals surface area contributed by atoms with Crippen molar-refractivity contribution in [2.24, 2.45) is 18.7 Å². The molecule has 1 aliphatic heterocycles. The van der Waals surface area contributed by atoms with E-state index in [1.807, 2.05) is 23.7 Å².